The van der Waals surface area contributed by atoms with Crippen molar-refractivity contribution in [2.45, 2.75) is 6.92 Å². The Balaban J connectivity index is 1.57. The highest BCUT2D eigenvalue weighted by molar-refractivity contribution is 9.10. The average molecular weight is 551 g/mol. The van der Waals surface area contributed by atoms with Crippen molar-refractivity contribution in [3.63, 3.8) is 0 Å². The van der Waals surface area contributed by atoms with E-state index in [0.717, 1.165) is 0 Å². The van der Waals surface area contributed by atoms with Crippen LogP contribution in [-0.2, 0) is 9.53 Å². The number of nitrogens with zero attached hydrogens (tertiary/aromatic N) is 2. The van der Waals surface area contributed by atoms with Crippen LogP contribution in [0.1, 0.15) is 28.4 Å². The molecule has 0 aliphatic carbocycles. The number of nitro groups is 1. The Morgan fingerprint density at radius 1 is 1.11 bits per heavy atom. The van der Waals surface area contributed by atoms with Crippen molar-refractivity contribution in [1.29, 1.82) is 0 Å². The third kappa shape index (κ3) is 5.66. The second kappa shape index (κ2) is 11.0. The van der Waals surface area contributed by atoms with Gasteiger partial charge in [-0.1, -0.05) is 30.3 Å². The standard InChI is InChI=1S/C26H19BrN2O7/c1-2-34-23-14-16(12-20(27)24(23)35-15-22(30)17-6-4-3-5-7-17)13-21-26(31)36-25(28-21)18-8-10-19(11-9-18)29(32)33/h3-14H,2,15H2,1H3/b21-13-. The average Bonchev–Trinajstić information content (AvgIpc) is 3.24. The molecule has 3 aromatic carbocycles. The molecule has 0 saturated carbocycles. The van der Waals surface area contributed by atoms with Gasteiger partial charge in [0.05, 0.1) is 16.0 Å². The van der Waals surface area contributed by atoms with Crippen LogP contribution in [0.2, 0.25) is 0 Å². The van der Waals surface area contributed by atoms with E-state index >= 15 is 0 Å². The zero-order valence-corrected chi connectivity index (χ0v) is 20.6. The topological polar surface area (TPSA) is 117 Å². The molecule has 0 spiro atoms. The number of ketones is 1. The number of halogens is 1. The van der Waals surface area contributed by atoms with Gasteiger partial charge in [0.2, 0.25) is 5.90 Å². The van der Waals surface area contributed by atoms with Crippen molar-refractivity contribution in [2.75, 3.05) is 13.2 Å². The molecule has 9 nitrogen and oxygen atoms in total. The second-order valence-corrected chi connectivity index (χ2v) is 8.34. The van der Waals surface area contributed by atoms with Gasteiger partial charge < -0.3 is 14.2 Å². The lowest BCUT2D eigenvalue weighted by atomic mass is 10.1. The van der Waals surface area contributed by atoms with Crippen LogP contribution in [0.4, 0.5) is 5.69 Å². The number of rotatable bonds is 9. The van der Waals surface area contributed by atoms with E-state index in [9.17, 15) is 19.7 Å². The molecule has 0 aromatic heterocycles. The normalized spacial score (nSPS) is 13.8. The molecule has 1 aliphatic rings. The first-order chi connectivity index (χ1) is 17.4. The Morgan fingerprint density at radius 2 is 1.83 bits per heavy atom. The molecule has 182 valence electrons. The van der Waals surface area contributed by atoms with Crippen LogP contribution in [0.15, 0.2) is 81.9 Å². The molecule has 0 radical (unpaired) electrons. The molecule has 1 aliphatic heterocycles. The van der Waals surface area contributed by atoms with E-state index in [-0.39, 0.29) is 29.7 Å². The monoisotopic (exact) mass is 550 g/mol. The molecule has 0 fully saturated rings. The third-order valence-electron chi connectivity index (χ3n) is 5.02. The zero-order chi connectivity index (χ0) is 25.7. The molecule has 0 bridgehead atoms. The molecule has 4 rings (SSSR count). The Bertz CT molecular complexity index is 1380. The molecule has 36 heavy (non-hydrogen) atoms. The predicted octanol–water partition coefficient (Wildman–Crippen LogP) is 5.36. The van der Waals surface area contributed by atoms with Crippen LogP contribution in [0, 0.1) is 10.1 Å². The summed E-state index contributed by atoms with van der Waals surface area (Å²) in [5, 5.41) is 10.8. The number of ether oxygens (including phenoxy) is 3. The first-order valence-corrected chi connectivity index (χ1v) is 11.6. The molecule has 0 unspecified atom stereocenters. The summed E-state index contributed by atoms with van der Waals surface area (Å²) < 4.78 is 17.2. The molecule has 10 heteroatoms. The lowest BCUT2D eigenvalue weighted by molar-refractivity contribution is -0.384. The molecule has 0 atom stereocenters. The van der Waals surface area contributed by atoms with E-state index in [4.69, 9.17) is 14.2 Å². The Kier molecular flexibility index (Phi) is 7.55. The summed E-state index contributed by atoms with van der Waals surface area (Å²) in [6.45, 7) is 1.98. The van der Waals surface area contributed by atoms with E-state index in [1.165, 1.54) is 30.3 Å². The first kappa shape index (κ1) is 24.8. The number of carbonyl (C=O) groups is 2. The smallest absolute Gasteiger partial charge is 0.363 e. The summed E-state index contributed by atoms with van der Waals surface area (Å²) >= 11 is 3.45. The van der Waals surface area contributed by atoms with Crippen molar-refractivity contribution in [3.8, 4) is 11.5 Å². The highest BCUT2D eigenvalue weighted by Crippen LogP contribution is 2.38. The van der Waals surface area contributed by atoms with Gasteiger partial charge in [-0.25, -0.2) is 9.79 Å². The number of hydrogen-bond donors (Lipinski definition) is 0. The molecule has 3 aromatic rings. The van der Waals surface area contributed by atoms with E-state index in [1.807, 2.05) is 13.0 Å². The van der Waals surface area contributed by atoms with Gasteiger partial charge in [-0.3, -0.25) is 14.9 Å². The number of cyclic esters (lactones) is 1. The Labute approximate surface area is 214 Å². The lowest BCUT2D eigenvalue weighted by Gasteiger charge is -2.14. The van der Waals surface area contributed by atoms with E-state index in [2.05, 4.69) is 20.9 Å². The van der Waals surface area contributed by atoms with Crippen LogP contribution in [0.5, 0.6) is 11.5 Å². The van der Waals surface area contributed by atoms with Crippen LogP contribution < -0.4 is 9.47 Å². The fourth-order valence-electron chi connectivity index (χ4n) is 3.34. The minimum atomic E-state index is -0.661. The van der Waals surface area contributed by atoms with Crippen LogP contribution in [0.25, 0.3) is 6.08 Å². The largest absolute Gasteiger partial charge is 0.490 e. The summed E-state index contributed by atoms with van der Waals surface area (Å²) in [6.07, 6.45) is 1.52. The molecular weight excluding hydrogens is 532 g/mol. The van der Waals surface area contributed by atoms with Gasteiger partial charge >= 0.3 is 5.97 Å². The molecule has 0 amide bonds. The number of aliphatic imine (C=N–C) groups is 1. The fraction of sp³-hybridized carbons (Fsp3) is 0.115. The van der Waals surface area contributed by atoms with E-state index in [0.29, 0.717) is 39.3 Å². The number of non-ortho nitro benzene ring substituents is 1. The highest BCUT2D eigenvalue weighted by Gasteiger charge is 2.25. The fourth-order valence-corrected chi connectivity index (χ4v) is 3.91. The molecular formula is C26H19BrN2O7. The van der Waals surface area contributed by atoms with Gasteiger partial charge in [-0.2, -0.15) is 0 Å². The van der Waals surface area contributed by atoms with Crippen molar-refractivity contribution in [1.82, 2.24) is 0 Å². The first-order valence-electron chi connectivity index (χ1n) is 10.8. The summed E-state index contributed by atoms with van der Waals surface area (Å²) in [4.78, 5) is 39.4. The van der Waals surface area contributed by atoms with Crippen LogP contribution >= 0.6 is 15.9 Å². The van der Waals surface area contributed by atoms with E-state index < -0.39 is 10.9 Å². The van der Waals surface area contributed by atoms with Crippen molar-refractivity contribution in [2.24, 2.45) is 4.99 Å². The number of esters is 1. The van der Waals surface area contributed by atoms with Gasteiger partial charge in [0, 0.05) is 23.3 Å². The van der Waals surface area contributed by atoms with Gasteiger partial charge in [0.25, 0.3) is 5.69 Å². The van der Waals surface area contributed by atoms with E-state index in [1.54, 1.807) is 36.4 Å². The van der Waals surface area contributed by atoms with Gasteiger partial charge in [-0.05, 0) is 58.8 Å². The van der Waals surface area contributed by atoms with Gasteiger partial charge in [0.15, 0.2) is 29.6 Å². The summed E-state index contributed by atoms with van der Waals surface area (Å²) in [6, 6.07) is 17.7. The molecule has 0 N–H and O–H groups in total. The third-order valence-corrected chi connectivity index (χ3v) is 5.61. The maximum Gasteiger partial charge on any atom is 0.363 e. The van der Waals surface area contributed by atoms with Crippen LogP contribution in [0.3, 0.4) is 0 Å². The number of benzene rings is 3. The second-order valence-electron chi connectivity index (χ2n) is 7.48. The highest BCUT2D eigenvalue weighted by atomic mass is 79.9. The number of carbonyl (C=O) groups excluding carboxylic acids is 2. The van der Waals surface area contributed by atoms with Crippen molar-refractivity contribution < 1.29 is 28.7 Å². The minimum Gasteiger partial charge on any atom is -0.490 e. The summed E-state index contributed by atoms with van der Waals surface area (Å²) in [7, 11) is 0. The van der Waals surface area contributed by atoms with Crippen LogP contribution in [-0.4, -0.2) is 35.8 Å². The summed E-state index contributed by atoms with van der Waals surface area (Å²) in [5.41, 5.74) is 1.51. The minimum absolute atomic E-state index is 0.0459. The Morgan fingerprint density at radius 3 is 2.50 bits per heavy atom. The summed E-state index contributed by atoms with van der Waals surface area (Å²) in [5.74, 6) is -0.0633. The van der Waals surface area contributed by atoms with Crippen molar-refractivity contribution >= 4 is 45.3 Å². The number of hydrogen-bond acceptors (Lipinski definition) is 8. The molecule has 1 heterocycles. The molecule has 0 saturated heterocycles. The SMILES string of the molecule is CCOc1cc(/C=C2\N=C(c3ccc([N+](=O)[O-])cc3)OC2=O)cc(Br)c1OCC(=O)c1ccccc1. The maximum atomic E-state index is 12.4. The predicted molar refractivity (Wildman–Crippen MR) is 135 cm³/mol. The van der Waals surface area contributed by atoms with Crippen molar-refractivity contribution in [3.05, 3.63) is 104 Å². The van der Waals surface area contributed by atoms with Gasteiger partial charge in [-0.15, -0.1) is 0 Å². The maximum absolute atomic E-state index is 12.4. The number of Topliss-reactive ketones (excluding diaryl/α,β-unsaturated/α-hetero) is 1. The van der Waals surface area contributed by atoms with Gasteiger partial charge in [0.1, 0.15) is 0 Å². The number of nitro benzene ring substituents is 1. The quantitative estimate of drug-likeness (QED) is 0.116. The zero-order valence-electron chi connectivity index (χ0n) is 19.0. The Hall–Kier alpha value is -4.31. The lowest BCUT2D eigenvalue weighted by Crippen LogP contribution is -2.12.